The molecule has 0 atom stereocenters. The fourth-order valence-corrected chi connectivity index (χ4v) is 1.34. The zero-order valence-corrected chi connectivity index (χ0v) is 11.1. The summed E-state index contributed by atoms with van der Waals surface area (Å²) < 4.78 is 10.7. The van der Waals surface area contributed by atoms with Crippen molar-refractivity contribution in [3.05, 3.63) is 24.4 Å². The number of hydrogen-bond acceptors (Lipinski definition) is 5. The molecule has 0 spiro atoms. The Bertz CT molecular complexity index is 369. The van der Waals surface area contributed by atoms with Crippen LogP contribution < -0.4 is 10.1 Å². The number of anilines is 1. The van der Waals surface area contributed by atoms with Crippen LogP contribution >= 0.6 is 0 Å². The van der Waals surface area contributed by atoms with E-state index in [9.17, 15) is 0 Å². The molecule has 1 aromatic heterocycles. The molecule has 1 heterocycles. The third kappa shape index (κ3) is 5.63. The Balaban J connectivity index is 2.34. The summed E-state index contributed by atoms with van der Waals surface area (Å²) in [4.78, 5) is 8.52. The summed E-state index contributed by atoms with van der Waals surface area (Å²) in [5.74, 6) is 1.17. The van der Waals surface area contributed by atoms with Crippen LogP contribution in [0.4, 0.5) is 5.95 Å². The minimum Gasteiger partial charge on any atom is -0.478 e. The summed E-state index contributed by atoms with van der Waals surface area (Å²) in [5, 5.41) is 3.11. The van der Waals surface area contributed by atoms with E-state index in [2.05, 4.69) is 21.9 Å². The fraction of sp³-hybridized carbons (Fsp3) is 0.538. The van der Waals surface area contributed by atoms with E-state index in [4.69, 9.17) is 9.47 Å². The number of aromatic nitrogens is 2. The first-order valence-corrected chi connectivity index (χ1v) is 6.17. The lowest BCUT2D eigenvalue weighted by Gasteiger charge is -2.08. The molecule has 0 amide bonds. The van der Waals surface area contributed by atoms with Gasteiger partial charge >= 0.3 is 0 Å². The maximum Gasteiger partial charge on any atom is 0.226 e. The average Bonchev–Trinajstić information content (AvgIpc) is 2.33. The molecule has 0 unspecified atom stereocenters. The summed E-state index contributed by atoms with van der Waals surface area (Å²) in [6.07, 6.45) is 2.71. The lowest BCUT2D eigenvalue weighted by Crippen LogP contribution is -2.12. The molecule has 5 heteroatoms. The maximum absolute atomic E-state index is 5.38. The van der Waals surface area contributed by atoms with Crippen molar-refractivity contribution in [2.75, 3.05) is 31.7 Å². The van der Waals surface area contributed by atoms with Crippen molar-refractivity contribution < 1.29 is 9.47 Å². The van der Waals surface area contributed by atoms with Gasteiger partial charge < -0.3 is 14.8 Å². The molecule has 0 aliphatic carbocycles. The highest BCUT2D eigenvalue weighted by molar-refractivity contribution is 5.30. The SMILES string of the molecule is C=CCCOCCNc1nc(C)cc(OCC)n1. The minimum absolute atomic E-state index is 0.575. The van der Waals surface area contributed by atoms with Gasteiger partial charge in [0.25, 0.3) is 0 Å². The third-order valence-electron chi connectivity index (χ3n) is 2.12. The summed E-state index contributed by atoms with van der Waals surface area (Å²) in [5.41, 5.74) is 0.878. The number of nitrogens with one attached hydrogen (secondary N) is 1. The smallest absolute Gasteiger partial charge is 0.226 e. The lowest BCUT2D eigenvalue weighted by atomic mass is 10.4. The van der Waals surface area contributed by atoms with Crippen molar-refractivity contribution >= 4 is 5.95 Å². The summed E-state index contributed by atoms with van der Waals surface area (Å²) in [6, 6.07) is 1.81. The highest BCUT2D eigenvalue weighted by atomic mass is 16.5. The highest BCUT2D eigenvalue weighted by Crippen LogP contribution is 2.11. The first-order chi connectivity index (χ1) is 8.76. The van der Waals surface area contributed by atoms with Crippen LogP contribution in [0.25, 0.3) is 0 Å². The van der Waals surface area contributed by atoms with Crippen LogP contribution in [0.15, 0.2) is 18.7 Å². The standard InChI is InChI=1S/C13H21N3O2/c1-4-6-8-17-9-7-14-13-15-11(3)10-12(16-13)18-5-2/h4,10H,1,5-9H2,2-3H3,(H,14,15,16). The molecule has 0 saturated carbocycles. The maximum atomic E-state index is 5.38. The van der Waals surface area contributed by atoms with Crippen molar-refractivity contribution in [1.82, 2.24) is 9.97 Å². The van der Waals surface area contributed by atoms with Gasteiger partial charge in [-0.25, -0.2) is 4.98 Å². The van der Waals surface area contributed by atoms with E-state index in [0.717, 1.165) is 12.1 Å². The normalized spacial score (nSPS) is 10.1. The topological polar surface area (TPSA) is 56.3 Å². The fourth-order valence-electron chi connectivity index (χ4n) is 1.34. The third-order valence-corrected chi connectivity index (χ3v) is 2.12. The van der Waals surface area contributed by atoms with Gasteiger partial charge in [0.2, 0.25) is 11.8 Å². The Labute approximate surface area is 108 Å². The molecule has 18 heavy (non-hydrogen) atoms. The highest BCUT2D eigenvalue weighted by Gasteiger charge is 2.01. The number of rotatable bonds is 9. The summed E-state index contributed by atoms with van der Waals surface area (Å²) >= 11 is 0. The van der Waals surface area contributed by atoms with Crippen molar-refractivity contribution in [3.63, 3.8) is 0 Å². The molecule has 0 aliphatic rings. The Morgan fingerprint density at radius 3 is 2.94 bits per heavy atom. The van der Waals surface area contributed by atoms with Crippen LogP contribution in [0.2, 0.25) is 0 Å². The van der Waals surface area contributed by atoms with Gasteiger partial charge in [-0.2, -0.15) is 4.98 Å². The monoisotopic (exact) mass is 251 g/mol. The van der Waals surface area contributed by atoms with Crippen molar-refractivity contribution in [2.24, 2.45) is 0 Å². The van der Waals surface area contributed by atoms with Crippen molar-refractivity contribution in [1.29, 1.82) is 0 Å². The quantitative estimate of drug-likeness (QED) is 0.538. The summed E-state index contributed by atoms with van der Waals surface area (Å²) in [6.45, 7) is 10.1. The molecular formula is C13H21N3O2. The molecule has 0 fully saturated rings. The van der Waals surface area contributed by atoms with Crippen LogP contribution in [0.1, 0.15) is 19.0 Å². The molecule has 1 aromatic rings. The second-order valence-corrected chi connectivity index (χ2v) is 3.72. The van der Waals surface area contributed by atoms with E-state index in [0.29, 0.717) is 38.2 Å². The molecule has 1 rings (SSSR count). The number of aryl methyl sites for hydroxylation is 1. The van der Waals surface area contributed by atoms with Crippen LogP contribution in [-0.4, -0.2) is 36.3 Å². The van der Waals surface area contributed by atoms with Gasteiger partial charge in [0.05, 0.1) is 19.8 Å². The largest absolute Gasteiger partial charge is 0.478 e. The Morgan fingerprint density at radius 1 is 1.39 bits per heavy atom. The van der Waals surface area contributed by atoms with Crippen LogP contribution in [0.5, 0.6) is 5.88 Å². The molecule has 0 saturated heterocycles. The van der Waals surface area contributed by atoms with Gasteiger partial charge in [0, 0.05) is 18.3 Å². The van der Waals surface area contributed by atoms with E-state index >= 15 is 0 Å². The van der Waals surface area contributed by atoms with Gasteiger partial charge in [-0.15, -0.1) is 6.58 Å². The second-order valence-electron chi connectivity index (χ2n) is 3.72. The minimum atomic E-state index is 0.575. The molecule has 0 radical (unpaired) electrons. The van der Waals surface area contributed by atoms with E-state index in [-0.39, 0.29) is 0 Å². The van der Waals surface area contributed by atoms with Gasteiger partial charge in [-0.3, -0.25) is 0 Å². The number of nitrogens with zero attached hydrogens (tertiary/aromatic N) is 2. The van der Waals surface area contributed by atoms with Gasteiger partial charge in [-0.1, -0.05) is 6.08 Å². The second kappa shape index (κ2) is 8.47. The molecule has 0 aliphatic heterocycles. The summed E-state index contributed by atoms with van der Waals surface area (Å²) in [7, 11) is 0. The predicted molar refractivity (Wildman–Crippen MR) is 72.1 cm³/mol. The number of ether oxygens (including phenoxy) is 2. The molecule has 0 aromatic carbocycles. The van der Waals surface area contributed by atoms with Crippen molar-refractivity contribution in [3.8, 4) is 5.88 Å². The zero-order valence-electron chi connectivity index (χ0n) is 11.1. The Hall–Kier alpha value is -1.62. The molecule has 0 bridgehead atoms. The predicted octanol–water partition coefficient (Wildman–Crippen LogP) is 2.19. The van der Waals surface area contributed by atoms with Crippen molar-refractivity contribution in [2.45, 2.75) is 20.3 Å². The van der Waals surface area contributed by atoms with Gasteiger partial charge in [-0.05, 0) is 20.3 Å². The molecule has 1 N–H and O–H groups in total. The lowest BCUT2D eigenvalue weighted by molar-refractivity contribution is 0.148. The Morgan fingerprint density at radius 2 is 2.22 bits per heavy atom. The molecule has 100 valence electrons. The van der Waals surface area contributed by atoms with Crippen LogP contribution in [0, 0.1) is 6.92 Å². The first kappa shape index (κ1) is 14.4. The zero-order chi connectivity index (χ0) is 13.2. The van der Waals surface area contributed by atoms with E-state index < -0.39 is 0 Å². The number of hydrogen-bond donors (Lipinski definition) is 1. The van der Waals surface area contributed by atoms with Crippen LogP contribution in [0.3, 0.4) is 0 Å². The molecule has 5 nitrogen and oxygen atoms in total. The average molecular weight is 251 g/mol. The van der Waals surface area contributed by atoms with Gasteiger partial charge in [0.1, 0.15) is 0 Å². The van der Waals surface area contributed by atoms with Crippen LogP contribution in [-0.2, 0) is 4.74 Å². The Kier molecular flexibility index (Phi) is 6.79. The van der Waals surface area contributed by atoms with Gasteiger partial charge in [0.15, 0.2) is 0 Å². The first-order valence-electron chi connectivity index (χ1n) is 6.17. The van der Waals surface area contributed by atoms with E-state index in [1.807, 2.05) is 26.0 Å². The molecular weight excluding hydrogens is 230 g/mol. The van der Waals surface area contributed by atoms with E-state index in [1.165, 1.54) is 0 Å². The van der Waals surface area contributed by atoms with E-state index in [1.54, 1.807) is 0 Å².